The first-order valence-corrected chi connectivity index (χ1v) is 4.90. The predicted molar refractivity (Wildman–Crippen MR) is 56.5 cm³/mol. The molecule has 82 valence electrons. The molecule has 0 bridgehead atoms. The lowest BCUT2D eigenvalue weighted by atomic mass is 10.3. The smallest absolute Gasteiger partial charge is 0.246 e. The lowest BCUT2D eigenvalue weighted by Crippen LogP contribution is -2.20. The summed E-state index contributed by atoms with van der Waals surface area (Å²) in [6.45, 7) is 0.157. The molecule has 1 aromatic carbocycles. The van der Waals surface area contributed by atoms with Crippen LogP contribution >= 0.6 is 23.2 Å². The standard InChI is InChI=1S/C9H9Cl2NO3/c10-7-2-1-6(5-8(7)11)15-4-3-9(13)12-14/h1-2,5,14H,3-4H2,(H,12,13). The Morgan fingerprint density at radius 3 is 2.73 bits per heavy atom. The molecule has 0 fully saturated rings. The number of amides is 1. The summed E-state index contributed by atoms with van der Waals surface area (Å²) < 4.78 is 5.20. The summed E-state index contributed by atoms with van der Waals surface area (Å²) in [4.78, 5) is 10.6. The average Bonchev–Trinajstić information content (AvgIpc) is 2.23. The number of rotatable bonds is 4. The van der Waals surface area contributed by atoms with Crippen LogP contribution < -0.4 is 10.2 Å². The maximum absolute atomic E-state index is 10.6. The molecule has 0 aromatic heterocycles. The van der Waals surface area contributed by atoms with Crippen molar-refractivity contribution < 1.29 is 14.7 Å². The van der Waals surface area contributed by atoms with E-state index < -0.39 is 5.91 Å². The molecule has 0 unspecified atom stereocenters. The van der Waals surface area contributed by atoms with Crippen LogP contribution in [0.2, 0.25) is 10.0 Å². The number of carbonyl (C=O) groups excluding carboxylic acids is 1. The molecule has 4 nitrogen and oxygen atoms in total. The molecular formula is C9H9Cl2NO3. The van der Waals surface area contributed by atoms with Gasteiger partial charge in [-0.2, -0.15) is 0 Å². The number of nitrogens with one attached hydrogen (secondary N) is 1. The molecule has 0 radical (unpaired) electrons. The monoisotopic (exact) mass is 249 g/mol. The largest absolute Gasteiger partial charge is 0.493 e. The lowest BCUT2D eigenvalue weighted by molar-refractivity contribution is -0.129. The van der Waals surface area contributed by atoms with Crippen LogP contribution in [0.15, 0.2) is 18.2 Å². The highest BCUT2D eigenvalue weighted by Gasteiger charge is 2.02. The highest BCUT2D eigenvalue weighted by atomic mass is 35.5. The molecule has 1 rings (SSSR count). The van der Waals surface area contributed by atoms with E-state index in [0.29, 0.717) is 15.8 Å². The molecular weight excluding hydrogens is 241 g/mol. The summed E-state index contributed by atoms with van der Waals surface area (Å²) in [5.74, 6) is 0.0187. The van der Waals surface area contributed by atoms with Crippen molar-refractivity contribution in [3.63, 3.8) is 0 Å². The molecule has 1 amide bonds. The maximum Gasteiger partial charge on any atom is 0.246 e. The molecule has 1 aromatic rings. The molecule has 0 saturated carbocycles. The molecule has 0 heterocycles. The van der Waals surface area contributed by atoms with Crippen LogP contribution in [0.25, 0.3) is 0 Å². The van der Waals surface area contributed by atoms with Crippen molar-refractivity contribution in [3.05, 3.63) is 28.2 Å². The molecule has 0 aliphatic heterocycles. The zero-order valence-corrected chi connectivity index (χ0v) is 9.18. The van der Waals surface area contributed by atoms with Gasteiger partial charge in [0.05, 0.1) is 23.1 Å². The lowest BCUT2D eigenvalue weighted by Gasteiger charge is -2.05. The van der Waals surface area contributed by atoms with Crippen molar-refractivity contribution in [3.8, 4) is 5.75 Å². The second-order valence-electron chi connectivity index (χ2n) is 2.71. The quantitative estimate of drug-likeness (QED) is 0.636. The third kappa shape index (κ3) is 3.95. The van der Waals surface area contributed by atoms with E-state index in [0.717, 1.165) is 0 Å². The zero-order valence-electron chi connectivity index (χ0n) is 7.67. The van der Waals surface area contributed by atoms with E-state index in [1.54, 1.807) is 18.2 Å². The Labute approximate surface area is 96.7 Å². The number of benzene rings is 1. The summed E-state index contributed by atoms with van der Waals surface area (Å²) in [6, 6.07) is 4.80. The highest BCUT2D eigenvalue weighted by Crippen LogP contribution is 2.26. The second-order valence-corrected chi connectivity index (χ2v) is 3.52. The summed E-state index contributed by atoms with van der Waals surface area (Å²) in [6.07, 6.45) is 0.0662. The van der Waals surface area contributed by atoms with Gasteiger partial charge in [0, 0.05) is 6.07 Å². The molecule has 15 heavy (non-hydrogen) atoms. The Morgan fingerprint density at radius 2 is 2.13 bits per heavy atom. The van der Waals surface area contributed by atoms with Gasteiger partial charge in [-0.05, 0) is 12.1 Å². The van der Waals surface area contributed by atoms with Gasteiger partial charge in [0.25, 0.3) is 0 Å². The Kier molecular flexibility index (Phi) is 4.68. The maximum atomic E-state index is 10.6. The van der Waals surface area contributed by atoms with Crippen LogP contribution in [0, 0.1) is 0 Å². The molecule has 0 spiro atoms. The van der Waals surface area contributed by atoms with Gasteiger partial charge in [-0.25, -0.2) is 5.48 Å². The number of hydroxylamine groups is 1. The van der Waals surface area contributed by atoms with Gasteiger partial charge in [0.1, 0.15) is 5.75 Å². The van der Waals surface area contributed by atoms with E-state index in [1.165, 1.54) is 5.48 Å². The van der Waals surface area contributed by atoms with Crippen molar-refractivity contribution in [1.29, 1.82) is 0 Å². The molecule has 0 saturated heterocycles. The Morgan fingerprint density at radius 1 is 1.40 bits per heavy atom. The molecule has 0 atom stereocenters. The first kappa shape index (κ1) is 12.1. The summed E-state index contributed by atoms with van der Waals surface area (Å²) >= 11 is 11.5. The van der Waals surface area contributed by atoms with Crippen LogP contribution in [0.3, 0.4) is 0 Å². The minimum Gasteiger partial charge on any atom is -0.493 e. The fraction of sp³-hybridized carbons (Fsp3) is 0.222. The minimum atomic E-state index is -0.505. The van der Waals surface area contributed by atoms with Gasteiger partial charge >= 0.3 is 0 Å². The number of hydrogen-bond donors (Lipinski definition) is 2. The molecule has 2 N–H and O–H groups in total. The number of carbonyl (C=O) groups is 1. The summed E-state index contributed by atoms with van der Waals surface area (Å²) in [5, 5.41) is 9.05. The predicted octanol–water partition coefficient (Wildman–Crippen LogP) is 2.27. The van der Waals surface area contributed by atoms with Crippen LogP contribution in [-0.4, -0.2) is 17.7 Å². The molecule has 0 aliphatic carbocycles. The van der Waals surface area contributed by atoms with Gasteiger partial charge in [-0.15, -0.1) is 0 Å². The second kappa shape index (κ2) is 5.80. The Bertz CT molecular complexity index is 357. The average molecular weight is 250 g/mol. The zero-order chi connectivity index (χ0) is 11.3. The van der Waals surface area contributed by atoms with E-state index >= 15 is 0 Å². The van der Waals surface area contributed by atoms with Crippen molar-refractivity contribution in [2.45, 2.75) is 6.42 Å². The van der Waals surface area contributed by atoms with Crippen molar-refractivity contribution >= 4 is 29.1 Å². The Balaban J connectivity index is 2.44. The van der Waals surface area contributed by atoms with E-state index in [9.17, 15) is 4.79 Å². The summed E-state index contributed by atoms with van der Waals surface area (Å²) in [7, 11) is 0. The van der Waals surface area contributed by atoms with E-state index in [-0.39, 0.29) is 13.0 Å². The van der Waals surface area contributed by atoms with Gasteiger partial charge in [0.15, 0.2) is 0 Å². The fourth-order valence-electron chi connectivity index (χ4n) is 0.884. The Hall–Kier alpha value is -0.970. The fourth-order valence-corrected chi connectivity index (χ4v) is 1.17. The van der Waals surface area contributed by atoms with Crippen LogP contribution in [0.1, 0.15) is 6.42 Å². The third-order valence-electron chi connectivity index (χ3n) is 1.61. The summed E-state index contributed by atoms with van der Waals surface area (Å²) in [5.41, 5.74) is 1.51. The number of ether oxygens (including phenoxy) is 1. The topological polar surface area (TPSA) is 58.6 Å². The normalized spacial score (nSPS) is 9.80. The molecule has 0 aliphatic rings. The molecule has 6 heteroatoms. The van der Waals surface area contributed by atoms with Gasteiger partial charge in [-0.3, -0.25) is 10.0 Å². The van der Waals surface area contributed by atoms with Crippen LogP contribution in [0.4, 0.5) is 0 Å². The number of hydrogen-bond acceptors (Lipinski definition) is 3. The van der Waals surface area contributed by atoms with Gasteiger partial charge in [0.2, 0.25) is 5.91 Å². The van der Waals surface area contributed by atoms with Crippen molar-refractivity contribution in [2.24, 2.45) is 0 Å². The first-order valence-electron chi connectivity index (χ1n) is 4.14. The third-order valence-corrected chi connectivity index (χ3v) is 2.35. The van der Waals surface area contributed by atoms with Crippen molar-refractivity contribution in [2.75, 3.05) is 6.61 Å². The van der Waals surface area contributed by atoms with Gasteiger partial charge < -0.3 is 4.74 Å². The first-order chi connectivity index (χ1) is 7.13. The number of halogens is 2. The van der Waals surface area contributed by atoms with E-state index in [4.69, 9.17) is 33.1 Å². The van der Waals surface area contributed by atoms with E-state index in [2.05, 4.69) is 0 Å². The van der Waals surface area contributed by atoms with Gasteiger partial charge in [-0.1, -0.05) is 23.2 Å². The van der Waals surface area contributed by atoms with Crippen LogP contribution in [-0.2, 0) is 4.79 Å². The van der Waals surface area contributed by atoms with Crippen molar-refractivity contribution in [1.82, 2.24) is 5.48 Å². The highest BCUT2D eigenvalue weighted by molar-refractivity contribution is 6.42. The SMILES string of the molecule is O=C(CCOc1ccc(Cl)c(Cl)c1)NO. The van der Waals surface area contributed by atoms with E-state index in [1.807, 2.05) is 0 Å². The minimum absolute atomic E-state index is 0.0662. The van der Waals surface area contributed by atoms with Crippen LogP contribution in [0.5, 0.6) is 5.75 Å².